The quantitative estimate of drug-likeness (QED) is 0.498. The van der Waals surface area contributed by atoms with Gasteiger partial charge in [0.15, 0.2) is 0 Å². The molecule has 0 radical (unpaired) electrons. The van der Waals surface area contributed by atoms with Crippen molar-refractivity contribution in [3.05, 3.63) is 35.4 Å². The third kappa shape index (κ3) is 4.52. The van der Waals surface area contributed by atoms with Gasteiger partial charge in [0.25, 0.3) is 0 Å². The van der Waals surface area contributed by atoms with E-state index in [0.717, 1.165) is 0 Å². The van der Waals surface area contributed by atoms with E-state index < -0.39 is 9.46 Å². The predicted octanol–water partition coefficient (Wildman–Crippen LogP) is 5.10. The lowest BCUT2D eigenvalue weighted by Gasteiger charge is -2.22. The van der Waals surface area contributed by atoms with Crippen molar-refractivity contribution < 1.29 is 8.22 Å². The predicted molar refractivity (Wildman–Crippen MR) is 76.9 cm³/mol. The molecule has 0 N–H and O–H groups in total. The minimum Gasteiger partial charge on any atom is -0.275 e. The van der Waals surface area contributed by atoms with Crippen LogP contribution in [0.25, 0.3) is 0 Å². The Kier molecular flexibility index (Phi) is 5.99. The topological polar surface area (TPSA) is 0 Å². The molecule has 1 atom stereocenters. The molecular weight excluding hydrogens is 246 g/mol. The van der Waals surface area contributed by atoms with Crippen LogP contribution in [-0.2, 0) is 0 Å². The van der Waals surface area contributed by atoms with E-state index in [0.29, 0.717) is 18.3 Å². The lowest BCUT2D eigenvalue weighted by molar-refractivity contribution is 0.474. The van der Waals surface area contributed by atoms with Crippen LogP contribution < -0.4 is 0 Å². The fraction of sp³-hybridized carbons (Fsp3) is 0.600. The normalized spacial score (nSPS) is 13.6. The zero-order valence-electron chi connectivity index (χ0n) is 11.8. The average Bonchev–Trinajstić information content (AvgIpc) is 2.28. The molecule has 1 rings (SSSR count). The second-order valence-electron chi connectivity index (χ2n) is 5.64. The lowest BCUT2D eigenvalue weighted by atomic mass is 9.85. The van der Waals surface area contributed by atoms with Gasteiger partial charge in [-0.15, -0.1) is 0 Å². The molecule has 0 heterocycles. The highest BCUT2D eigenvalue weighted by Crippen LogP contribution is 2.31. The molecular formula is C15H24F2Si. The number of hydrogen-bond acceptors (Lipinski definition) is 0. The molecule has 1 unspecified atom stereocenters. The van der Waals surface area contributed by atoms with Crippen LogP contribution >= 0.6 is 0 Å². The zero-order valence-corrected chi connectivity index (χ0v) is 12.9. The van der Waals surface area contributed by atoms with E-state index in [4.69, 9.17) is 0 Å². The summed E-state index contributed by atoms with van der Waals surface area (Å²) in [7, 11) is -3.42. The highest BCUT2D eigenvalue weighted by atomic mass is 28.4. The van der Waals surface area contributed by atoms with Crippen LogP contribution in [0.15, 0.2) is 24.3 Å². The second-order valence-corrected chi connectivity index (χ2v) is 7.00. The highest BCUT2D eigenvalue weighted by Gasteiger charge is 2.19. The maximum Gasteiger partial charge on any atom is 0.411 e. The van der Waals surface area contributed by atoms with Crippen LogP contribution in [0, 0.1) is 5.92 Å². The first-order chi connectivity index (χ1) is 8.41. The van der Waals surface area contributed by atoms with Gasteiger partial charge in [0.1, 0.15) is 0 Å². The van der Waals surface area contributed by atoms with Gasteiger partial charge >= 0.3 is 9.46 Å². The molecule has 0 aliphatic heterocycles. The van der Waals surface area contributed by atoms with Gasteiger partial charge < -0.3 is 0 Å². The van der Waals surface area contributed by atoms with Crippen LogP contribution in [0.2, 0.25) is 6.04 Å². The molecule has 0 aliphatic rings. The Labute approximate surface area is 111 Å². The molecule has 0 fully saturated rings. The van der Waals surface area contributed by atoms with Crippen molar-refractivity contribution in [3.8, 4) is 0 Å². The largest absolute Gasteiger partial charge is 0.411 e. The van der Waals surface area contributed by atoms with Gasteiger partial charge in [0, 0.05) is 0 Å². The van der Waals surface area contributed by atoms with Gasteiger partial charge in [-0.2, -0.15) is 0 Å². The van der Waals surface area contributed by atoms with Crippen molar-refractivity contribution in [1.82, 2.24) is 0 Å². The lowest BCUT2D eigenvalue weighted by Crippen LogP contribution is -2.10. The van der Waals surface area contributed by atoms with E-state index >= 15 is 0 Å². The van der Waals surface area contributed by atoms with E-state index in [1.807, 2.05) is 0 Å². The van der Waals surface area contributed by atoms with Crippen molar-refractivity contribution in [1.29, 1.82) is 0 Å². The van der Waals surface area contributed by atoms with Crippen LogP contribution in [0.3, 0.4) is 0 Å². The summed E-state index contributed by atoms with van der Waals surface area (Å²) in [6, 6.07) is 8.59. The monoisotopic (exact) mass is 270 g/mol. The van der Waals surface area contributed by atoms with Crippen molar-refractivity contribution >= 4 is 9.46 Å². The molecule has 0 aliphatic carbocycles. The number of rotatable bonds is 6. The Morgan fingerprint density at radius 2 is 1.67 bits per heavy atom. The first kappa shape index (κ1) is 15.4. The second kappa shape index (κ2) is 7.03. The maximum atomic E-state index is 12.5. The van der Waals surface area contributed by atoms with Crippen LogP contribution in [0.1, 0.15) is 57.1 Å². The molecule has 1 aromatic rings. The van der Waals surface area contributed by atoms with Gasteiger partial charge in [0.05, 0.1) is 0 Å². The summed E-state index contributed by atoms with van der Waals surface area (Å²) in [5.41, 5.74) is 2.53. The Balaban J connectivity index is 2.88. The summed E-state index contributed by atoms with van der Waals surface area (Å²) in [6.07, 6.45) is 0.628. The molecule has 3 heteroatoms. The fourth-order valence-electron chi connectivity index (χ4n) is 2.34. The number of halogens is 2. The van der Waals surface area contributed by atoms with Crippen LogP contribution in [-0.4, -0.2) is 9.46 Å². The third-order valence-electron chi connectivity index (χ3n) is 3.51. The van der Waals surface area contributed by atoms with Gasteiger partial charge in [-0.3, -0.25) is 8.22 Å². The number of hydrogen-bond donors (Lipinski definition) is 0. The van der Waals surface area contributed by atoms with Gasteiger partial charge in [0.2, 0.25) is 0 Å². The standard InChI is InChI=1S/C15H24F2Si/c1-11(2)13-6-5-7-14(10-13)15(12(3)4)8-9-18(16)17/h5-7,10-12,15,18H,8-9H2,1-4H3. The Morgan fingerprint density at radius 3 is 2.17 bits per heavy atom. The summed E-state index contributed by atoms with van der Waals surface area (Å²) in [5, 5.41) is 0. The maximum absolute atomic E-state index is 12.5. The molecule has 0 aromatic heterocycles. The van der Waals surface area contributed by atoms with Crippen LogP contribution in [0.4, 0.5) is 8.22 Å². The Morgan fingerprint density at radius 1 is 1.06 bits per heavy atom. The molecule has 0 amide bonds. The summed E-state index contributed by atoms with van der Waals surface area (Å²) < 4.78 is 25.0. The highest BCUT2D eigenvalue weighted by molar-refractivity contribution is 6.42. The summed E-state index contributed by atoms with van der Waals surface area (Å²) in [5.74, 6) is 1.17. The minimum absolute atomic E-state index is 0.134. The molecule has 18 heavy (non-hydrogen) atoms. The average molecular weight is 270 g/mol. The zero-order chi connectivity index (χ0) is 13.7. The first-order valence-corrected chi connectivity index (χ1v) is 8.48. The molecule has 0 nitrogen and oxygen atoms in total. The minimum atomic E-state index is -3.42. The molecule has 0 saturated heterocycles. The van der Waals surface area contributed by atoms with E-state index in [2.05, 4.69) is 52.0 Å². The van der Waals surface area contributed by atoms with Crippen molar-refractivity contribution in [2.24, 2.45) is 5.92 Å². The van der Waals surface area contributed by atoms with Gasteiger partial charge in [-0.05, 0) is 41.3 Å². The van der Waals surface area contributed by atoms with Crippen molar-refractivity contribution in [2.45, 2.75) is 52.0 Å². The molecule has 0 spiro atoms. The summed E-state index contributed by atoms with van der Waals surface area (Å²) in [6.45, 7) is 8.57. The SMILES string of the molecule is CC(C)c1cccc(C(CC[SiH](F)F)C(C)C)c1. The van der Waals surface area contributed by atoms with Crippen LogP contribution in [0.5, 0.6) is 0 Å². The van der Waals surface area contributed by atoms with E-state index in [-0.39, 0.29) is 12.0 Å². The molecule has 1 aromatic carbocycles. The van der Waals surface area contributed by atoms with Crippen molar-refractivity contribution in [3.63, 3.8) is 0 Å². The van der Waals surface area contributed by atoms with Crippen molar-refractivity contribution in [2.75, 3.05) is 0 Å². The Bertz CT molecular complexity index is 361. The molecule has 102 valence electrons. The van der Waals surface area contributed by atoms with Gasteiger partial charge in [-0.1, -0.05) is 52.0 Å². The summed E-state index contributed by atoms with van der Waals surface area (Å²) >= 11 is 0. The summed E-state index contributed by atoms with van der Waals surface area (Å²) in [4.78, 5) is 0. The number of benzene rings is 1. The third-order valence-corrected chi connectivity index (χ3v) is 4.28. The van der Waals surface area contributed by atoms with Gasteiger partial charge in [-0.25, -0.2) is 0 Å². The molecule has 0 saturated carbocycles. The smallest absolute Gasteiger partial charge is 0.275 e. The fourth-order valence-corrected chi connectivity index (χ4v) is 2.95. The first-order valence-electron chi connectivity index (χ1n) is 6.79. The Hall–Kier alpha value is -0.703. The molecule has 0 bridgehead atoms. The van der Waals surface area contributed by atoms with E-state index in [1.165, 1.54) is 11.1 Å². The van der Waals surface area contributed by atoms with E-state index in [9.17, 15) is 8.22 Å². The van der Waals surface area contributed by atoms with E-state index in [1.54, 1.807) is 0 Å².